The van der Waals surface area contributed by atoms with Crippen molar-refractivity contribution in [3.8, 4) is 0 Å². The molecule has 0 aromatic heterocycles. The number of hydrogen-bond donors (Lipinski definition) is 1. The van der Waals surface area contributed by atoms with E-state index in [2.05, 4.69) is 0 Å². The average molecular weight is 248 g/mol. The van der Waals surface area contributed by atoms with Crippen LogP contribution in [0.3, 0.4) is 0 Å². The van der Waals surface area contributed by atoms with Gasteiger partial charge in [-0.15, -0.1) is 0 Å². The minimum absolute atomic E-state index is 0.0163. The molecule has 2 rings (SSSR count). The third kappa shape index (κ3) is 3.00. The van der Waals surface area contributed by atoms with Gasteiger partial charge in [0.1, 0.15) is 0 Å². The van der Waals surface area contributed by atoms with Gasteiger partial charge in [-0.3, -0.25) is 4.79 Å². The highest BCUT2D eigenvalue weighted by molar-refractivity contribution is 5.77. The SMILES string of the molecule is O=C(O)N1CCC(=O)N(Cc2ccccc2)CC1. The van der Waals surface area contributed by atoms with Crippen molar-refractivity contribution in [3.05, 3.63) is 35.9 Å². The van der Waals surface area contributed by atoms with Crippen molar-refractivity contribution in [2.75, 3.05) is 19.6 Å². The van der Waals surface area contributed by atoms with Gasteiger partial charge < -0.3 is 14.9 Å². The maximum absolute atomic E-state index is 11.9. The van der Waals surface area contributed by atoms with E-state index >= 15 is 0 Å². The normalized spacial score (nSPS) is 16.6. The summed E-state index contributed by atoms with van der Waals surface area (Å²) in [5, 5.41) is 8.92. The summed E-state index contributed by atoms with van der Waals surface area (Å²) in [7, 11) is 0. The summed E-state index contributed by atoms with van der Waals surface area (Å²) in [4.78, 5) is 25.8. The highest BCUT2D eigenvalue weighted by atomic mass is 16.4. The molecule has 0 bridgehead atoms. The molecule has 96 valence electrons. The fourth-order valence-electron chi connectivity index (χ4n) is 2.03. The highest BCUT2D eigenvalue weighted by Crippen LogP contribution is 2.10. The molecule has 1 heterocycles. The van der Waals surface area contributed by atoms with Gasteiger partial charge in [0, 0.05) is 32.6 Å². The van der Waals surface area contributed by atoms with Crippen molar-refractivity contribution < 1.29 is 14.7 Å². The molecule has 1 fully saturated rings. The van der Waals surface area contributed by atoms with E-state index in [1.165, 1.54) is 4.90 Å². The molecule has 18 heavy (non-hydrogen) atoms. The highest BCUT2D eigenvalue weighted by Gasteiger charge is 2.23. The Bertz CT molecular complexity index is 433. The third-order valence-corrected chi connectivity index (χ3v) is 3.07. The van der Waals surface area contributed by atoms with Crippen LogP contribution in [0.4, 0.5) is 4.79 Å². The van der Waals surface area contributed by atoms with E-state index in [1.54, 1.807) is 4.90 Å². The second kappa shape index (κ2) is 5.53. The Morgan fingerprint density at radius 3 is 2.56 bits per heavy atom. The van der Waals surface area contributed by atoms with Crippen molar-refractivity contribution in [1.29, 1.82) is 0 Å². The minimum Gasteiger partial charge on any atom is -0.465 e. The number of amides is 2. The van der Waals surface area contributed by atoms with E-state index in [9.17, 15) is 9.59 Å². The third-order valence-electron chi connectivity index (χ3n) is 3.07. The molecule has 0 spiro atoms. The Balaban J connectivity index is 2.00. The summed E-state index contributed by atoms with van der Waals surface area (Å²) in [5.74, 6) is 0.0163. The zero-order valence-corrected chi connectivity index (χ0v) is 10.1. The molecular weight excluding hydrogens is 232 g/mol. The number of benzene rings is 1. The Kier molecular flexibility index (Phi) is 3.82. The van der Waals surface area contributed by atoms with E-state index < -0.39 is 6.09 Å². The van der Waals surface area contributed by atoms with Crippen LogP contribution in [-0.2, 0) is 11.3 Å². The number of hydrogen-bond acceptors (Lipinski definition) is 2. The first kappa shape index (κ1) is 12.4. The average Bonchev–Trinajstić information content (AvgIpc) is 2.54. The lowest BCUT2D eigenvalue weighted by Gasteiger charge is -2.21. The molecule has 0 aliphatic carbocycles. The number of carbonyl (C=O) groups excluding carboxylic acids is 1. The molecule has 0 atom stereocenters. The van der Waals surface area contributed by atoms with Crippen LogP contribution in [0, 0.1) is 0 Å². The quantitative estimate of drug-likeness (QED) is 0.860. The lowest BCUT2D eigenvalue weighted by atomic mass is 10.2. The molecular formula is C13H16N2O3. The number of rotatable bonds is 2. The zero-order valence-electron chi connectivity index (χ0n) is 10.1. The van der Waals surface area contributed by atoms with Crippen molar-refractivity contribution >= 4 is 12.0 Å². The van der Waals surface area contributed by atoms with E-state index in [4.69, 9.17) is 5.11 Å². The van der Waals surface area contributed by atoms with Gasteiger partial charge in [0.15, 0.2) is 0 Å². The second-order valence-electron chi connectivity index (χ2n) is 4.32. The summed E-state index contributed by atoms with van der Waals surface area (Å²) < 4.78 is 0. The van der Waals surface area contributed by atoms with Crippen LogP contribution in [0.15, 0.2) is 30.3 Å². The second-order valence-corrected chi connectivity index (χ2v) is 4.32. The molecule has 1 aromatic carbocycles. The van der Waals surface area contributed by atoms with Crippen molar-refractivity contribution in [2.24, 2.45) is 0 Å². The van der Waals surface area contributed by atoms with E-state index in [-0.39, 0.29) is 12.3 Å². The molecule has 5 nitrogen and oxygen atoms in total. The van der Waals surface area contributed by atoms with Crippen LogP contribution in [0.5, 0.6) is 0 Å². The minimum atomic E-state index is -0.954. The summed E-state index contributed by atoms with van der Waals surface area (Å²) in [6.45, 7) is 1.68. The van der Waals surface area contributed by atoms with Gasteiger partial charge >= 0.3 is 6.09 Å². The Morgan fingerprint density at radius 1 is 1.17 bits per heavy atom. The summed E-state index contributed by atoms with van der Waals surface area (Å²) in [6.07, 6.45) is -0.691. The Labute approximate surface area is 106 Å². The van der Waals surface area contributed by atoms with Crippen LogP contribution in [-0.4, -0.2) is 46.5 Å². The first-order valence-corrected chi connectivity index (χ1v) is 5.96. The van der Waals surface area contributed by atoms with Crippen LogP contribution in [0.25, 0.3) is 0 Å². The van der Waals surface area contributed by atoms with Gasteiger partial charge in [0.2, 0.25) is 5.91 Å². The molecule has 0 radical (unpaired) electrons. The lowest BCUT2D eigenvalue weighted by Crippen LogP contribution is -2.34. The Morgan fingerprint density at radius 2 is 1.89 bits per heavy atom. The molecule has 2 amide bonds. The van der Waals surface area contributed by atoms with Crippen LogP contribution < -0.4 is 0 Å². The molecule has 1 aliphatic heterocycles. The molecule has 1 aliphatic rings. The van der Waals surface area contributed by atoms with Gasteiger partial charge in [-0.1, -0.05) is 30.3 Å². The number of nitrogens with zero attached hydrogens (tertiary/aromatic N) is 2. The largest absolute Gasteiger partial charge is 0.465 e. The summed E-state index contributed by atoms with van der Waals surface area (Å²) in [6, 6.07) is 9.72. The van der Waals surface area contributed by atoms with Crippen LogP contribution >= 0.6 is 0 Å². The van der Waals surface area contributed by atoms with E-state index in [0.29, 0.717) is 26.2 Å². The van der Waals surface area contributed by atoms with E-state index in [1.807, 2.05) is 30.3 Å². The number of carbonyl (C=O) groups is 2. The molecule has 0 unspecified atom stereocenters. The summed E-state index contributed by atoms with van der Waals surface area (Å²) >= 11 is 0. The van der Waals surface area contributed by atoms with Crippen molar-refractivity contribution in [2.45, 2.75) is 13.0 Å². The topological polar surface area (TPSA) is 60.9 Å². The molecule has 1 saturated heterocycles. The van der Waals surface area contributed by atoms with Gasteiger partial charge in [0.25, 0.3) is 0 Å². The molecule has 1 aromatic rings. The van der Waals surface area contributed by atoms with Crippen LogP contribution in [0.1, 0.15) is 12.0 Å². The van der Waals surface area contributed by atoms with Crippen molar-refractivity contribution in [1.82, 2.24) is 9.80 Å². The van der Waals surface area contributed by atoms with Crippen molar-refractivity contribution in [3.63, 3.8) is 0 Å². The van der Waals surface area contributed by atoms with E-state index in [0.717, 1.165) is 5.56 Å². The number of carboxylic acid groups (broad SMARTS) is 1. The smallest absolute Gasteiger partial charge is 0.407 e. The van der Waals surface area contributed by atoms with Gasteiger partial charge in [0.05, 0.1) is 0 Å². The van der Waals surface area contributed by atoms with Crippen LogP contribution in [0.2, 0.25) is 0 Å². The van der Waals surface area contributed by atoms with Gasteiger partial charge in [-0.25, -0.2) is 4.79 Å². The first-order chi connectivity index (χ1) is 8.66. The Hall–Kier alpha value is -2.04. The van der Waals surface area contributed by atoms with Gasteiger partial charge in [-0.05, 0) is 5.56 Å². The molecule has 0 saturated carbocycles. The fourth-order valence-corrected chi connectivity index (χ4v) is 2.03. The predicted octanol–water partition coefficient (Wildman–Crippen LogP) is 1.40. The first-order valence-electron chi connectivity index (χ1n) is 5.96. The fraction of sp³-hybridized carbons (Fsp3) is 0.385. The van der Waals surface area contributed by atoms with Gasteiger partial charge in [-0.2, -0.15) is 0 Å². The molecule has 5 heteroatoms. The zero-order chi connectivity index (χ0) is 13.0. The molecule has 1 N–H and O–H groups in total. The summed E-state index contributed by atoms with van der Waals surface area (Å²) in [5.41, 5.74) is 1.06. The standard InChI is InChI=1S/C13H16N2O3/c16-12-6-7-14(13(17)18)8-9-15(12)10-11-4-2-1-3-5-11/h1-5H,6-10H2,(H,17,18). The monoisotopic (exact) mass is 248 g/mol. The maximum Gasteiger partial charge on any atom is 0.407 e. The predicted molar refractivity (Wildman–Crippen MR) is 66.1 cm³/mol. The maximum atomic E-state index is 11.9. The lowest BCUT2D eigenvalue weighted by molar-refractivity contribution is -0.130.